The Bertz CT molecular complexity index is 389. The fraction of sp³-hybridized carbons (Fsp3) is 0.417. The molecule has 82 valence electrons. The summed E-state index contributed by atoms with van der Waals surface area (Å²) in [4.78, 5) is 4.42. The molecule has 2 nitrogen and oxygen atoms in total. The minimum atomic E-state index is -0.0929. The van der Waals surface area contributed by atoms with Crippen LogP contribution in [0.1, 0.15) is 26.3 Å². The molecule has 0 saturated heterocycles. The van der Waals surface area contributed by atoms with Crippen molar-refractivity contribution in [1.82, 2.24) is 0 Å². The zero-order chi connectivity index (χ0) is 11.6. The van der Waals surface area contributed by atoms with Crippen LogP contribution in [0.4, 0.5) is 5.69 Å². The molecule has 15 heavy (non-hydrogen) atoms. The Morgan fingerprint density at radius 1 is 1.33 bits per heavy atom. The van der Waals surface area contributed by atoms with Crippen molar-refractivity contribution in [2.24, 2.45) is 16.1 Å². The van der Waals surface area contributed by atoms with E-state index in [2.05, 4.69) is 20.9 Å². The molecule has 0 saturated carbocycles. The summed E-state index contributed by atoms with van der Waals surface area (Å²) in [7, 11) is 0. The number of amidine groups is 1. The van der Waals surface area contributed by atoms with E-state index in [1.165, 1.54) is 5.56 Å². The van der Waals surface area contributed by atoms with Crippen molar-refractivity contribution in [3.8, 4) is 0 Å². The van der Waals surface area contributed by atoms with Crippen LogP contribution < -0.4 is 5.73 Å². The number of hydrogen-bond donors (Lipinski definition) is 1. The number of rotatable bonds is 1. The third-order valence-electron chi connectivity index (χ3n) is 2.11. The quantitative estimate of drug-likeness (QED) is 0.611. The van der Waals surface area contributed by atoms with Crippen molar-refractivity contribution in [1.29, 1.82) is 0 Å². The summed E-state index contributed by atoms with van der Waals surface area (Å²) < 4.78 is 0.981. The van der Waals surface area contributed by atoms with E-state index in [4.69, 9.17) is 5.73 Å². The number of benzene rings is 1. The first-order chi connectivity index (χ1) is 6.80. The number of aryl methyl sites for hydroxylation is 1. The van der Waals surface area contributed by atoms with Gasteiger partial charge in [0.05, 0.1) is 5.69 Å². The Labute approximate surface area is 99.7 Å². The highest BCUT2D eigenvalue weighted by Gasteiger charge is 2.15. The zero-order valence-corrected chi connectivity index (χ0v) is 11.2. The van der Waals surface area contributed by atoms with Crippen LogP contribution in [0.25, 0.3) is 0 Å². The lowest BCUT2D eigenvalue weighted by atomic mass is 9.95. The van der Waals surface area contributed by atoms with E-state index >= 15 is 0 Å². The lowest BCUT2D eigenvalue weighted by Gasteiger charge is -2.17. The van der Waals surface area contributed by atoms with Gasteiger partial charge in [0.25, 0.3) is 0 Å². The maximum atomic E-state index is 5.92. The van der Waals surface area contributed by atoms with E-state index in [1.807, 2.05) is 45.9 Å². The highest BCUT2D eigenvalue weighted by atomic mass is 79.9. The monoisotopic (exact) mass is 268 g/mol. The zero-order valence-electron chi connectivity index (χ0n) is 9.63. The average molecular weight is 269 g/mol. The molecule has 1 rings (SSSR count). The summed E-state index contributed by atoms with van der Waals surface area (Å²) in [5.74, 6) is 0.645. The maximum absolute atomic E-state index is 5.92. The minimum absolute atomic E-state index is 0.0929. The summed E-state index contributed by atoms with van der Waals surface area (Å²) in [5.41, 5.74) is 7.91. The minimum Gasteiger partial charge on any atom is -0.387 e. The van der Waals surface area contributed by atoms with E-state index in [0.717, 1.165) is 10.2 Å². The topological polar surface area (TPSA) is 38.4 Å². The Hall–Kier alpha value is -0.830. The van der Waals surface area contributed by atoms with E-state index < -0.39 is 0 Å². The molecule has 0 spiro atoms. The first-order valence-electron chi connectivity index (χ1n) is 4.91. The van der Waals surface area contributed by atoms with Gasteiger partial charge in [-0.25, -0.2) is 4.99 Å². The van der Waals surface area contributed by atoms with Crippen molar-refractivity contribution in [3.05, 3.63) is 28.2 Å². The van der Waals surface area contributed by atoms with Gasteiger partial charge in [-0.15, -0.1) is 0 Å². The van der Waals surface area contributed by atoms with Gasteiger partial charge in [-0.3, -0.25) is 0 Å². The Morgan fingerprint density at radius 3 is 2.40 bits per heavy atom. The molecular formula is C12H17BrN2. The van der Waals surface area contributed by atoms with E-state index in [0.29, 0.717) is 5.84 Å². The van der Waals surface area contributed by atoms with Crippen LogP contribution in [0.15, 0.2) is 27.7 Å². The van der Waals surface area contributed by atoms with Gasteiger partial charge in [-0.1, -0.05) is 26.8 Å². The molecular weight excluding hydrogens is 252 g/mol. The molecule has 0 amide bonds. The molecule has 2 N–H and O–H groups in total. The average Bonchev–Trinajstić information content (AvgIpc) is 2.08. The second kappa shape index (κ2) is 4.35. The van der Waals surface area contributed by atoms with Crippen LogP contribution >= 0.6 is 15.9 Å². The molecule has 0 bridgehead atoms. The van der Waals surface area contributed by atoms with Crippen LogP contribution in [-0.2, 0) is 0 Å². The number of halogens is 1. The Morgan fingerprint density at radius 2 is 1.93 bits per heavy atom. The molecule has 0 aromatic heterocycles. The van der Waals surface area contributed by atoms with Gasteiger partial charge in [-0.05, 0) is 40.5 Å². The molecule has 1 aromatic carbocycles. The molecule has 0 radical (unpaired) electrons. The molecule has 1 aromatic rings. The van der Waals surface area contributed by atoms with E-state index in [9.17, 15) is 0 Å². The Kier molecular flexibility index (Phi) is 3.55. The predicted molar refractivity (Wildman–Crippen MR) is 69.6 cm³/mol. The van der Waals surface area contributed by atoms with Gasteiger partial charge >= 0.3 is 0 Å². The third kappa shape index (κ3) is 3.34. The van der Waals surface area contributed by atoms with Gasteiger partial charge in [-0.2, -0.15) is 0 Å². The first-order valence-corrected chi connectivity index (χ1v) is 5.71. The van der Waals surface area contributed by atoms with Crippen LogP contribution in [0.5, 0.6) is 0 Å². The fourth-order valence-corrected chi connectivity index (χ4v) is 1.58. The largest absolute Gasteiger partial charge is 0.387 e. The van der Waals surface area contributed by atoms with Crippen LogP contribution in [0, 0.1) is 12.3 Å². The van der Waals surface area contributed by atoms with E-state index in [-0.39, 0.29) is 5.41 Å². The summed E-state index contributed by atoms with van der Waals surface area (Å²) in [5, 5.41) is 0. The fourth-order valence-electron chi connectivity index (χ4n) is 1.00. The number of hydrogen-bond acceptors (Lipinski definition) is 1. The summed E-state index contributed by atoms with van der Waals surface area (Å²) >= 11 is 3.48. The maximum Gasteiger partial charge on any atom is 0.105 e. The van der Waals surface area contributed by atoms with Crippen molar-refractivity contribution in [2.75, 3.05) is 0 Å². The smallest absolute Gasteiger partial charge is 0.105 e. The number of aliphatic imine (C=N–C) groups is 1. The molecule has 3 heteroatoms. The van der Waals surface area contributed by atoms with Gasteiger partial charge in [0, 0.05) is 9.89 Å². The van der Waals surface area contributed by atoms with Gasteiger partial charge in [0.1, 0.15) is 5.84 Å². The van der Waals surface area contributed by atoms with Crippen LogP contribution in [0.3, 0.4) is 0 Å². The highest BCUT2D eigenvalue weighted by molar-refractivity contribution is 9.10. The summed E-state index contributed by atoms with van der Waals surface area (Å²) in [6.45, 7) is 8.20. The molecule has 0 atom stereocenters. The normalized spacial score (nSPS) is 13.0. The predicted octanol–water partition coefficient (Wildman–Crippen LogP) is 3.79. The molecule has 0 fully saturated rings. The first kappa shape index (κ1) is 12.2. The summed E-state index contributed by atoms with van der Waals surface area (Å²) in [6.07, 6.45) is 0. The second-order valence-corrected chi connectivity index (χ2v) is 5.56. The molecule has 0 aliphatic rings. The molecule has 0 aliphatic carbocycles. The van der Waals surface area contributed by atoms with Crippen LogP contribution in [0.2, 0.25) is 0 Å². The molecule has 0 heterocycles. The summed E-state index contributed by atoms with van der Waals surface area (Å²) in [6, 6.07) is 6.03. The highest BCUT2D eigenvalue weighted by Crippen LogP contribution is 2.27. The van der Waals surface area contributed by atoms with Crippen molar-refractivity contribution < 1.29 is 0 Å². The molecule has 0 aliphatic heterocycles. The molecule has 0 unspecified atom stereocenters. The SMILES string of the molecule is Cc1ccc(N=C(N)C(C)(C)C)c(Br)c1. The Balaban J connectivity index is 3.09. The van der Waals surface area contributed by atoms with Crippen LogP contribution in [-0.4, -0.2) is 5.84 Å². The van der Waals surface area contributed by atoms with Gasteiger partial charge < -0.3 is 5.73 Å². The lowest BCUT2D eigenvalue weighted by Crippen LogP contribution is -2.28. The van der Waals surface area contributed by atoms with Crippen molar-refractivity contribution in [2.45, 2.75) is 27.7 Å². The standard InChI is InChI=1S/C12H17BrN2/c1-8-5-6-10(9(13)7-8)15-11(14)12(2,3)4/h5-7H,1-4H3,(H2,14,15). The van der Waals surface area contributed by atoms with Crippen molar-refractivity contribution >= 4 is 27.5 Å². The van der Waals surface area contributed by atoms with Crippen molar-refractivity contribution in [3.63, 3.8) is 0 Å². The number of nitrogens with two attached hydrogens (primary N) is 1. The van der Waals surface area contributed by atoms with Gasteiger partial charge in [0.15, 0.2) is 0 Å². The second-order valence-electron chi connectivity index (χ2n) is 4.70. The third-order valence-corrected chi connectivity index (χ3v) is 2.75. The number of nitrogens with zero attached hydrogens (tertiary/aromatic N) is 1. The lowest BCUT2D eigenvalue weighted by molar-refractivity contribution is 0.585. The van der Waals surface area contributed by atoms with E-state index in [1.54, 1.807) is 0 Å². The van der Waals surface area contributed by atoms with Gasteiger partial charge in [0.2, 0.25) is 0 Å².